The van der Waals surface area contributed by atoms with Crippen LogP contribution < -0.4 is 10.6 Å². The van der Waals surface area contributed by atoms with Gasteiger partial charge >= 0.3 is 12.1 Å². The monoisotopic (exact) mass is 773 g/mol. The van der Waals surface area contributed by atoms with Gasteiger partial charge in [-0.3, -0.25) is 14.4 Å². The highest BCUT2D eigenvalue weighted by Gasteiger charge is 2.57. The summed E-state index contributed by atoms with van der Waals surface area (Å²) in [5.74, 6) is -5.37. The van der Waals surface area contributed by atoms with Crippen LogP contribution in [-0.4, -0.2) is 113 Å². The van der Waals surface area contributed by atoms with Crippen LogP contribution in [0.25, 0.3) is 6.08 Å². The van der Waals surface area contributed by atoms with E-state index in [0.717, 1.165) is 5.56 Å². The molecule has 0 saturated carbocycles. The summed E-state index contributed by atoms with van der Waals surface area (Å²) < 4.78 is 31.1. The number of aliphatic hydroxyl groups excluding tert-OH is 1. The second-order valence-electron chi connectivity index (χ2n) is 15.8. The summed E-state index contributed by atoms with van der Waals surface area (Å²) in [6.07, 6.45) is -1.28. The van der Waals surface area contributed by atoms with Crippen LogP contribution in [0.4, 0.5) is 4.79 Å². The van der Waals surface area contributed by atoms with Crippen molar-refractivity contribution in [3.05, 3.63) is 42.0 Å². The molecule has 3 fully saturated rings. The van der Waals surface area contributed by atoms with Gasteiger partial charge in [0.1, 0.15) is 35.6 Å². The maximum absolute atomic E-state index is 14.4. The molecule has 13 atom stereocenters. The van der Waals surface area contributed by atoms with E-state index >= 15 is 0 Å². The third-order valence-corrected chi connectivity index (χ3v) is 11.5. The zero-order chi connectivity index (χ0) is 40.1. The molecule has 0 bridgehead atoms. The summed E-state index contributed by atoms with van der Waals surface area (Å²) >= 11 is 5.40. The number of rotatable bonds is 8. The number of aliphatic hydroxyl groups is 1. The Morgan fingerprint density at radius 3 is 2.37 bits per heavy atom. The second kappa shape index (κ2) is 18.0. The number of thiocarbonyl (C=S) groups is 1. The van der Waals surface area contributed by atoms with E-state index in [9.17, 15) is 24.3 Å². The molecule has 0 radical (unpaired) electrons. The average Bonchev–Trinajstić information content (AvgIpc) is 3.44. The first-order valence-corrected chi connectivity index (χ1v) is 19.3. The number of Topliss-reactive ketones (excluding diaryl/α,β-unsaturated/α-hetero) is 2. The smallest absolute Gasteiger partial charge is 0.408 e. The predicted molar refractivity (Wildman–Crippen MR) is 206 cm³/mol. The van der Waals surface area contributed by atoms with Gasteiger partial charge in [0.2, 0.25) is 0 Å². The number of benzene rings is 1. The molecular formula is C40H59N3O10S. The molecule has 0 spiro atoms. The third kappa shape index (κ3) is 9.68. The molecule has 1 aromatic rings. The predicted octanol–water partition coefficient (Wildman–Crippen LogP) is 4.44. The van der Waals surface area contributed by atoms with Crippen LogP contribution >= 0.6 is 12.2 Å². The lowest BCUT2D eigenvalue weighted by Crippen LogP contribution is -2.60. The van der Waals surface area contributed by atoms with Gasteiger partial charge in [0.15, 0.2) is 17.7 Å². The van der Waals surface area contributed by atoms with E-state index in [-0.39, 0.29) is 36.1 Å². The van der Waals surface area contributed by atoms with Gasteiger partial charge < -0.3 is 44.3 Å². The lowest BCUT2D eigenvalue weighted by Gasteiger charge is -2.47. The molecule has 3 saturated heterocycles. The number of ether oxygens (including phenoxy) is 5. The largest absolute Gasteiger partial charge is 0.459 e. The van der Waals surface area contributed by atoms with E-state index in [1.165, 1.54) is 6.92 Å². The molecule has 0 aromatic heterocycles. The first kappa shape index (κ1) is 43.3. The number of amides is 1. The van der Waals surface area contributed by atoms with Crippen LogP contribution in [0.2, 0.25) is 0 Å². The molecule has 3 aliphatic rings. The van der Waals surface area contributed by atoms with Gasteiger partial charge in [-0.05, 0) is 78.8 Å². The van der Waals surface area contributed by atoms with Gasteiger partial charge in [-0.25, -0.2) is 4.79 Å². The number of likely N-dealkylation sites (N-methyl/N-ethyl adjacent to an activating group) is 1. The minimum absolute atomic E-state index is 0.0716. The van der Waals surface area contributed by atoms with Crippen LogP contribution in [0.1, 0.15) is 80.2 Å². The van der Waals surface area contributed by atoms with Crippen molar-refractivity contribution in [2.45, 2.75) is 129 Å². The number of ketones is 2. The SMILES string of the molecule is CC[C@H]1OC(=O)[C@H](C)C(=O)[C@H](C)[C@@H](O[C@@H]2O[C@H](C)C[C@H](N(C)C)[C@H]2O)[C@](C)(OC(=O)NCC=Cc2ccccc2)C[C@@H](C)C(=O)[C@H](C)[C@H]2NC(=S)O[C@@]21C. The fourth-order valence-electron chi connectivity index (χ4n) is 8.23. The van der Waals surface area contributed by atoms with Crippen LogP contribution in [-0.2, 0) is 38.1 Å². The van der Waals surface area contributed by atoms with E-state index in [4.69, 9.17) is 35.9 Å². The first-order chi connectivity index (χ1) is 25.3. The fourth-order valence-corrected chi connectivity index (χ4v) is 8.54. The van der Waals surface area contributed by atoms with E-state index in [0.29, 0.717) is 12.8 Å². The van der Waals surface area contributed by atoms with E-state index in [1.54, 1.807) is 40.7 Å². The van der Waals surface area contributed by atoms with Crippen LogP contribution in [0.5, 0.6) is 0 Å². The molecule has 3 aliphatic heterocycles. The minimum Gasteiger partial charge on any atom is -0.459 e. The Hall–Kier alpha value is -3.43. The van der Waals surface area contributed by atoms with E-state index < -0.39 is 83.4 Å². The Morgan fingerprint density at radius 1 is 1.07 bits per heavy atom. The van der Waals surface area contributed by atoms with Gasteiger partial charge in [0, 0.05) is 30.3 Å². The number of hydrogen-bond acceptors (Lipinski definition) is 12. The van der Waals surface area contributed by atoms with Crippen molar-refractivity contribution in [1.29, 1.82) is 0 Å². The number of alkyl carbamates (subject to hydrolysis) is 1. The fraction of sp³-hybridized carbons (Fsp3) is 0.675. The highest BCUT2D eigenvalue weighted by molar-refractivity contribution is 7.80. The molecule has 0 aliphatic carbocycles. The number of esters is 1. The van der Waals surface area contributed by atoms with Crippen molar-refractivity contribution in [2.75, 3.05) is 20.6 Å². The number of nitrogens with one attached hydrogen (secondary N) is 2. The normalized spacial score (nSPS) is 38.3. The summed E-state index contributed by atoms with van der Waals surface area (Å²) in [5.41, 5.74) is -1.95. The number of cyclic esters (lactones) is 1. The number of nitrogens with zero attached hydrogens (tertiary/aromatic N) is 1. The molecule has 13 nitrogen and oxygen atoms in total. The number of carbonyl (C=O) groups is 4. The van der Waals surface area contributed by atoms with Crippen LogP contribution in [0.3, 0.4) is 0 Å². The highest BCUT2D eigenvalue weighted by atomic mass is 32.1. The zero-order valence-corrected chi connectivity index (χ0v) is 34.0. The molecule has 54 heavy (non-hydrogen) atoms. The van der Waals surface area contributed by atoms with Crippen molar-refractivity contribution in [2.24, 2.45) is 23.7 Å². The molecule has 4 rings (SSSR count). The standard InChI is InChI=1S/C40H59N3O10S/c1-11-29-40(8)33(42-38(54)53-40)24(4)30(44)22(2)21-39(7,52-37(48)41-19-15-18-27-16-13-12-14-17-27)34(25(5)31(45)26(6)35(47)50-29)51-36-32(46)28(43(9)10)20-23(3)49-36/h12-18,22-26,28-29,32-34,36,46H,11,19-21H2,1-10H3,(H,41,48)(H,42,54)/t22-,23-,24+,25+,26-,28+,29-,32-,33-,34-,36+,39-,40-/m1/s1. The highest BCUT2D eigenvalue weighted by Crippen LogP contribution is 2.40. The molecule has 3 N–H and O–H groups in total. The number of carbonyl (C=O) groups excluding carboxylic acids is 4. The van der Waals surface area contributed by atoms with Crippen molar-refractivity contribution in [1.82, 2.24) is 15.5 Å². The van der Waals surface area contributed by atoms with Crippen LogP contribution in [0, 0.1) is 23.7 Å². The lowest BCUT2D eigenvalue weighted by atomic mass is 9.73. The summed E-state index contributed by atoms with van der Waals surface area (Å²) in [6, 6.07) is 8.55. The zero-order valence-electron chi connectivity index (χ0n) is 33.2. The molecule has 1 amide bonds. The maximum Gasteiger partial charge on any atom is 0.408 e. The summed E-state index contributed by atoms with van der Waals surface area (Å²) in [7, 11) is 3.68. The molecule has 1 aromatic carbocycles. The Morgan fingerprint density at radius 2 is 1.74 bits per heavy atom. The van der Waals surface area contributed by atoms with Crippen LogP contribution in [0.15, 0.2) is 36.4 Å². The van der Waals surface area contributed by atoms with E-state index in [2.05, 4.69) is 10.6 Å². The van der Waals surface area contributed by atoms with Gasteiger partial charge in [-0.15, -0.1) is 0 Å². The molecule has 0 unspecified atom stereocenters. The van der Waals surface area contributed by atoms with Gasteiger partial charge in [-0.1, -0.05) is 70.2 Å². The number of hydrogen-bond donors (Lipinski definition) is 3. The molecule has 14 heteroatoms. The third-order valence-electron chi connectivity index (χ3n) is 11.3. The van der Waals surface area contributed by atoms with E-state index in [1.807, 2.05) is 69.3 Å². The number of fused-ring (bicyclic) bond motifs is 1. The Labute approximate surface area is 324 Å². The Kier molecular flexibility index (Phi) is 14.4. The van der Waals surface area contributed by atoms with Crippen molar-refractivity contribution < 1.29 is 48.0 Å². The van der Waals surface area contributed by atoms with Gasteiger partial charge in [0.25, 0.3) is 5.17 Å². The van der Waals surface area contributed by atoms with Crippen molar-refractivity contribution >= 4 is 47.1 Å². The topological polar surface area (TPSA) is 162 Å². The minimum atomic E-state index is -1.67. The lowest BCUT2D eigenvalue weighted by molar-refractivity contribution is -0.292. The quantitative estimate of drug-likeness (QED) is 0.194. The van der Waals surface area contributed by atoms with Gasteiger partial charge in [-0.2, -0.15) is 0 Å². The molecule has 3 heterocycles. The van der Waals surface area contributed by atoms with Crippen molar-refractivity contribution in [3.63, 3.8) is 0 Å². The maximum atomic E-state index is 14.4. The Bertz CT molecular complexity index is 1540. The Balaban J connectivity index is 1.78. The summed E-state index contributed by atoms with van der Waals surface area (Å²) in [5, 5.41) is 17.4. The first-order valence-electron chi connectivity index (χ1n) is 18.9. The molecular weight excluding hydrogens is 715 g/mol. The van der Waals surface area contributed by atoms with Crippen molar-refractivity contribution in [3.8, 4) is 0 Å². The van der Waals surface area contributed by atoms with Gasteiger partial charge in [0.05, 0.1) is 12.1 Å². The summed E-state index contributed by atoms with van der Waals surface area (Å²) in [6.45, 7) is 13.7. The average molecular weight is 774 g/mol. The molecule has 300 valence electrons. The second-order valence-corrected chi connectivity index (χ2v) is 16.1. The summed E-state index contributed by atoms with van der Waals surface area (Å²) in [4.78, 5) is 58.1.